The normalized spacial score (nSPS) is 28.3. The number of amides is 3. The molecule has 1 spiro atoms. The number of hydrogen-bond donors (Lipinski definition) is 1. The highest BCUT2D eigenvalue weighted by Crippen LogP contribution is 2.38. The Morgan fingerprint density at radius 2 is 1.86 bits per heavy atom. The third kappa shape index (κ3) is 2.72. The lowest BCUT2D eigenvalue weighted by atomic mass is 9.75. The quantitative estimate of drug-likeness (QED) is 0.863. The SMILES string of the molecule is CCC1CCC2(CC1)NC(=O)N(Cc1ccc(Cl)cc1)C2=O. The molecule has 3 amide bonds. The van der Waals surface area contributed by atoms with Crippen molar-refractivity contribution in [1.29, 1.82) is 0 Å². The second-order valence-corrected chi connectivity index (χ2v) is 6.82. The van der Waals surface area contributed by atoms with E-state index in [0.717, 1.165) is 37.7 Å². The Balaban J connectivity index is 1.73. The Hall–Kier alpha value is -1.55. The highest BCUT2D eigenvalue weighted by Gasteiger charge is 2.52. The van der Waals surface area contributed by atoms with Gasteiger partial charge in [0.05, 0.1) is 6.54 Å². The van der Waals surface area contributed by atoms with Crippen LogP contribution in [0.1, 0.15) is 44.6 Å². The molecule has 0 radical (unpaired) electrons. The van der Waals surface area contributed by atoms with E-state index >= 15 is 0 Å². The fourth-order valence-electron chi connectivity index (χ4n) is 3.51. The summed E-state index contributed by atoms with van der Waals surface area (Å²) in [5.41, 5.74) is 0.252. The average molecular weight is 321 g/mol. The van der Waals surface area contributed by atoms with Gasteiger partial charge in [-0.25, -0.2) is 4.79 Å². The van der Waals surface area contributed by atoms with Crippen molar-refractivity contribution in [3.05, 3.63) is 34.9 Å². The summed E-state index contributed by atoms with van der Waals surface area (Å²) in [6.45, 7) is 2.49. The molecule has 0 bridgehead atoms. The minimum Gasteiger partial charge on any atom is -0.323 e. The molecule has 2 aliphatic rings. The van der Waals surface area contributed by atoms with E-state index in [-0.39, 0.29) is 11.9 Å². The highest BCUT2D eigenvalue weighted by molar-refractivity contribution is 6.30. The van der Waals surface area contributed by atoms with Crippen LogP contribution < -0.4 is 5.32 Å². The van der Waals surface area contributed by atoms with Gasteiger partial charge >= 0.3 is 6.03 Å². The molecule has 0 aromatic heterocycles. The summed E-state index contributed by atoms with van der Waals surface area (Å²) in [7, 11) is 0. The largest absolute Gasteiger partial charge is 0.325 e. The molecule has 4 nitrogen and oxygen atoms in total. The molecule has 22 heavy (non-hydrogen) atoms. The van der Waals surface area contributed by atoms with Crippen molar-refractivity contribution in [2.24, 2.45) is 5.92 Å². The second kappa shape index (κ2) is 5.92. The molecule has 1 saturated heterocycles. The van der Waals surface area contributed by atoms with Crippen molar-refractivity contribution < 1.29 is 9.59 Å². The first-order valence-electron chi connectivity index (χ1n) is 7.92. The van der Waals surface area contributed by atoms with Crippen molar-refractivity contribution in [2.75, 3.05) is 0 Å². The van der Waals surface area contributed by atoms with Gasteiger partial charge in [0, 0.05) is 5.02 Å². The molecule has 1 saturated carbocycles. The lowest BCUT2D eigenvalue weighted by molar-refractivity contribution is -0.133. The topological polar surface area (TPSA) is 49.4 Å². The van der Waals surface area contributed by atoms with Crippen molar-refractivity contribution in [1.82, 2.24) is 10.2 Å². The zero-order valence-corrected chi connectivity index (χ0v) is 13.5. The van der Waals surface area contributed by atoms with Gasteiger partial charge in [-0.3, -0.25) is 9.69 Å². The van der Waals surface area contributed by atoms with Gasteiger partial charge in [0.1, 0.15) is 5.54 Å². The summed E-state index contributed by atoms with van der Waals surface area (Å²) in [6, 6.07) is 6.98. The molecular formula is C17H21ClN2O2. The molecule has 2 fully saturated rings. The summed E-state index contributed by atoms with van der Waals surface area (Å²) in [6.07, 6.45) is 4.68. The molecule has 1 aliphatic heterocycles. The number of nitrogens with zero attached hydrogens (tertiary/aromatic N) is 1. The van der Waals surface area contributed by atoms with E-state index < -0.39 is 5.54 Å². The monoisotopic (exact) mass is 320 g/mol. The average Bonchev–Trinajstić information content (AvgIpc) is 2.75. The van der Waals surface area contributed by atoms with Crippen LogP contribution in [0.2, 0.25) is 5.02 Å². The number of carbonyl (C=O) groups excluding carboxylic acids is 2. The van der Waals surface area contributed by atoms with Gasteiger partial charge in [-0.1, -0.05) is 37.1 Å². The zero-order chi connectivity index (χ0) is 15.7. The molecule has 3 rings (SSSR count). The molecule has 1 heterocycles. The Labute approximate surface area is 135 Å². The zero-order valence-electron chi connectivity index (χ0n) is 12.8. The van der Waals surface area contributed by atoms with Crippen LogP contribution in [-0.2, 0) is 11.3 Å². The summed E-state index contributed by atoms with van der Waals surface area (Å²) in [5.74, 6) is 0.614. The minimum atomic E-state index is -0.658. The molecule has 1 N–H and O–H groups in total. The molecule has 118 valence electrons. The number of nitrogens with one attached hydrogen (secondary N) is 1. The van der Waals surface area contributed by atoms with Crippen LogP contribution in [0.5, 0.6) is 0 Å². The molecule has 5 heteroatoms. The van der Waals surface area contributed by atoms with E-state index in [1.807, 2.05) is 12.1 Å². The fraction of sp³-hybridized carbons (Fsp3) is 0.529. The van der Waals surface area contributed by atoms with Crippen molar-refractivity contribution >= 4 is 23.5 Å². The van der Waals surface area contributed by atoms with Crippen molar-refractivity contribution in [3.63, 3.8) is 0 Å². The standard InChI is InChI=1S/C17H21ClN2O2/c1-2-12-7-9-17(10-8-12)15(21)20(16(22)19-17)11-13-3-5-14(18)6-4-13/h3-6,12H,2,7-11H2,1H3,(H,19,22). The summed E-state index contributed by atoms with van der Waals surface area (Å²) < 4.78 is 0. The van der Waals surface area contributed by atoms with Gasteiger partial charge in [0.25, 0.3) is 5.91 Å². The number of hydrogen-bond acceptors (Lipinski definition) is 2. The van der Waals surface area contributed by atoms with Gasteiger partial charge in [-0.15, -0.1) is 0 Å². The second-order valence-electron chi connectivity index (χ2n) is 6.38. The molecule has 1 aliphatic carbocycles. The van der Waals surface area contributed by atoms with Crippen LogP contribution in [0.4, 0.5) is 4.79 Å². The summed E-state index contributed by atoms with van der Waals surface area (Å²) >= 11 is 5.87. The lowest BCUT2D eigenvalue weighted by Gasteiger charge is -2.34. The van der Waals surface area contributed by atoms with Gasteiger partial charge in [-0.2, -0.15) is 0 Å². The maximum atomic E-state index is 12.8. The summed E-state index contributed by atoms with van der Waals surface area (Å²) in [4.78, 5) is 26.4. The van der Waals surface area contributed by atoms with E-state index in [0.29, 0.717) is 17.5 Å². The summed E-state index contributed by atoms with van der Waals surface area (Å²) in [5, 5.41) is 3.61. The molecule has 0 atom stereocenters. The Morgan fingerprint density at radius 1 is 1.23 bits per heavy atom. The van der Waals surface area contributed by atoms with Crippen molar-refractivity contribution in [3.8, 4) is 0 Å². The first kappa shape index (κ1) is 15.3. The van der Waals surface area contributed by atoms with Crippen LogP contribution in [0, 0.1) is 5.92 Å². The molecule has 1 aromatic rings. The number of benzene rings is 1. The number of urea groups is 1. The first-order valence-corrected chi connectivity index (χ1v) is 8.30. The number of halogens is 1. The predicted octanol–water partition coefficient (Wildman–Crippen LogP) is 3.73. The van der Waals surface area contributed by atoms with Crippen molar-refractivity contribution in [2.45, 2.75) is 51.1 Å². The predicted molar refractivity (Wildman–Crippen MR) is 85.5 cm³/mol. The van der Waals surface area contributed by atoms with E-state index in [4.69, 9.17) is 11.6 Å². The third-order valence-electron chi connectivity index (χ3n) is 5.04. The maximum Gasteiger partial charge on any atom is 0.325 e. The van der Waals surface area contributed by atoms with Gasteiger partial charge in [0.15, 0.2) is 0 Å². The van der Waals surface area contributed by atoms with Crippen LogP contribution in [0.25, 0.3) is 0 Å². The van der Waals surface area contributed by atoms with E-state index in [2.05, 4.69) is 12.2 Å². The van der Waals surface area contributed by atoms with Crippen LogP contribution in [-0.4, -0.2) is 22.4 Å². The third-order valence-corrected chi connectivity index (χ3v) is 5.29. The van der Waals surface area contributed by atoms with Crippen LogP contribution in [0.15, 0.2) is 24.3 Å². The van der Waals surface area contributed by atoms with E-state index in [9.17, 15) is 9.59 Å². The molecule has 1 aromatic carbocycles. The van der Waals surface area contributed by atoms with Crippen LogP contribution in [0.3, 0.4) is 0 Å². The Morgan fingerprint density at radius 3 is 2.45 bits per heavy atom. The highest BCUT2D eigenvalue weighted by atomic mass is 35.5. The number of imide groups is 1. The van der Waals surface area contributed by atoms with Crippen LogP contribution >= 0.6 is 11.6 Å². The van der Waals surface area contributed by atoms with Gasteiger partial charge in [-0.05, 0) is 49.3 Å². The van der Waals surface area contributed by atoms with Gasteiger partial charge in [0.2, 0.25) is 0 Å². The maximum absolute atomic E-state index is 12.8. The number of carbonyl (C=O) groups is 2. The van der Waals surface area contributed by atoms with E-state index in [1.54, 1.807) is 12.1 Å². The Kier molecular flexibility index (Phi) is 4.13. The molecule has 0 unspecified atom stereocenters. The minimum absolute atomic E-state index is 0.0676. The molecular weight excluding hydrogens is 300 g/mol. The van der Waals surface area contributed by atoms with Gasteiger partial charge < -0.3 is 5.32 Å². The van der Waals surface area contributed by atoms with E-state index in [1.165, 1.54) is 4.90 Å². The fourth-order valence-corrected chi connectivity index (χ4v) is 3.64. The lowest BCUT2D eigenvalue weighted by Crippen LogP contribution is -2.49. The smallest absolute Gasteiger partial charge is 0.323 e. The number of rotatable bonds is 3. The Bertz CT molecular complexity index is 577. The first-order chi connectivity index (χ1) is 10.5.